The Balaban J connectivity index is 2.21. The molecule has 6 N–H and O–H groups in total. The smallest absolute Gasteiger partial charge is 0.249 e. The first-order valence-corrected chi connectivity index (χ1v) is 6.43. The molecule has 0 aliphatic carbocycles. The fraction of sp³-hybridized carbons (Fsp3) is 0.273. The van der Waals surface area contributed by atoms with Crippen LogP contribution in [0.1, 0.15) is 0 Å². The molecule has 1 amide bonds. The van der Waals surface area contributed by atoms with Crippen LogP contribution in [0.5, 0.6) is 0 Å². The average molecular weight is 281 g/mol. The first-order valence-electron chi connectivity index (χ1n) is 5.55. The SMILES string of the molecule is COCC(Sc1nc2ccc(N)cc2[nH]1)C(=O)NN. The van der Waals surface area contributed by atoms with Gasteiger partial charge < -0.3 is 15.5 Å². The molecule has 1 aromatic carbocycles. The van der Waals surface area contributed by atoms with Crippen molar-refractivity contribution >= 4 is 34.4 Å². The zero-order valence-corrected chi connectivity index (χ0v) is 11.2. The van der Waals surface area contributed by atoms with E-state index < -0.39 is 5.25 Å². The minimum Gasteiger partial charge on any atom is -0.399 e. The van der Waals surface area contributed by atoms with Crippen LogP contribution in [-0.2, 0) is 9.53 Å². The van der Waals surface area contributed by atoms with Gasteiger partial charge in [0.25, 0.3) is 0 Å². The number of carbonyl (C=O) groups excluding carboxylic acids is 1. The van der Waals surface area contributed by atoms with Gasteiger partial charge in [-0.05, 0) is 18.2 Å². The van der Waals surface area contributed by atoms with Crippen molar-refractivity contribution in [2.24, 2.45) is 5.84 Å². The van der Waals surface area contributed by atoms with Crippen molar-refractivity contribution in [3.05, 3.63) is 18.2 Å². The summed E-state index contributed by atoms with van der Waals surface area (Å²) in [4.78, 5) is 19.0. The van der Waals surface area contributed by atoms with Gasteiger partial charge in [-0.2, -0.15) is 0 Å². The van der Waals surface area contributed by atoms with Crippen molar-refractivity contribution < 1.29 is 9.53 Å². The molecule has 0 bridgehead atoms. The topological polar surface area (TPSA) is 119 Å². The number of ether oxygens (including phenoxy) is 1. The number of imidazole rings is 1. The lowest BCUT2D eigenvalue weighted by Gasteiger charge is -2.11. The highest BCUT2D eigenvalue weighted by molar-refractivity contribution is 8.00. The van der Waals surface area contributed by atoms with E-state index >= 15 is 0 Å². The molecule has 1 aromatic heterocycles. The molecule has 0 saturated heterocycles. The quantitative estimate of drug-likeness (QED) is 0.205. The van der Waals surface area contributed by atoms with E-state index in [2.05, 4.69) is 15.4 Å². The maximum atomic E-state index is 11.6. The largest absolute Gasteiger partial charge is 0.399 e. The van der Waals surface area contributed by atoms with Crippen LogP contribution < -0.4 is 17.0 Å². The molecule has 1 unspecified atom stereocenters. The molecule has 2 aromatic rings. The first-order chi connectivity index (χ1) is 9.13. The molecule has 0 saturated carbocycles. The standard InChI is InChI=1S/C11H15N5O2S/c1-18-5-9(10(17)16-13)19-11-14-7-3-2-6(12)4-8(7)15-11/h2-4,9H,5,12-13H2,1H3,(H,14,15)(H,16,17). The number of amides is 1. The number of hydrazine groups is 1. The highest BCUT2D eigenvalue weighted by Crippen LogP contribution is 2.24. The van der Waals surface area contributed by atoms with Crippen LogP contribution in [0, 0.1) is 0 Å². The summed E-state index contributed by atoms with van der Waals surface area (Å²) in [6.45, 7) is 0.243. The van der Waals surface area contributed by atoms with Gasteiger partial charge in [0.05, 0.1) is 17.6 Å². The van der Waals surface area contributed by atoms with Gasteiger partial charge in [-0.15, -0.1) is 0 Å². The monoisotopic (exact) mass is 281 g/mol. The number of nitrogens with zero attached hydrogens (tertiary/aromatic N) is 1. The molecule has 0 aliphatic rings. The normalized spacial score (nSPS) is 12.5. The zero-order chi connectivity index (χ0) is 13.8. The van der Waals surface area contributed by atoms with E-state index in [1.54, 1.807) is 12.1 Å². The van der Waals surface area contributed by atoms with Gasteiger partial charge in [0.2, 0.25) is 5.91 Å². The Morgan fingerprint density at radius 2 is 2.42 bits per heavy atom. The lowest BCUT2D eigenvalue weighted by Crippen LogP contribution is -2.39. The predicted octanol–water partition coefficient (Wildman–Crippen LogP) is 0.242. The first kappa shape index (κ1) is 13.7. The number of H-pyrrole nitrogens is 1. The Bertz CT molecular complexity index is 585. The molecule has 1 heterocycles. The summed E-state index contributed by atoms with van der Waals surface area (Å²) >= 11 is 1.25. The number of carbonyl (C=O) groups is 1. The summed E-state index contributed by atoms with van der Waals surface area (Å²) in [7, 11) is 1.52. The van der Waals surface area contributed by atoms with Gasteiger partial charge in [0.1, 0.15) is 5.25 Å². The molecule has 0 spiro atoms. The average Bonchev–Trinajstić information content (AvgIpc) is 2.78. The highest BCUT2D eigenvalue weighted by atomic mass is 32.2. The summed E-state index contributed by atoms with van der Waals surface area (Å²) in [6, 6.07) is 5.39. The number of hydrogen-bond acceptors (Lipinski definition) is 6. The predicted molar refractivity (Wildman–Crippen MR) is 74.4 cm³/mol. The number of hydrogen-bond donors (Lipinski definition) is 4. The third-order valence-corrected chi connectivity index (χ3v) is 3.54. The number of aromatic nitrogens is 2. The maximum absolute atomic E-state index is 11.6. The summed E-state index contributed by atoms with van der Waals surface area (Å²) in [5.74, 6) is 4.82. The molecule has 8 heteroatoms. The van der Waals surface area contributed by atoms with Gasteiger partial charge in [-0.3, -0.25) is 10.2 Å². The Hall–Kier alpha value is -1.77. The number of rotatable bonds is 5. The third kappa shape index (κ3) is 3.16. The van der Waals surface area contributed by atoms with Crippen molar-refractivity contribution in [2.45, 2.75) is 10.4 Å². The van der Waals surface area contributed by atoms with Crippen molar-refractivity contribution in [2.75, 3.05) is 19.5 Å². The lowest BCUT2D eigenvalue weighted by atomic mass is 10.3. The fourth-order valence-corrected chi connectivity index (χ4v) is 2.57. The molecule has 19 heavy (non-hydrogen) atoms. The van der Waals surface area contributed by atoms with Crippen molar-refractivity contribution in [3.63, 3.8) is 0 Å². The van der Waals surface area contributed by atoms with Crippen molar-refractivity contribution in [3.8, 4) is 0 Å². The van der Waals surface area contributed by atoms with Crippen LogP contribution in [0.15, 0.2) is 23.4 Å². The van der Waals surface area contributed by atoms with Crippen molar-refractivity contribution in [1.82, 2.24) is 15.4 Å². The van der Waals surface area contributed by atoms with Crippen molar-refractivity contribution in [1.29, 1.82) is 0 Å². The van der Waals surface area contributed by atoms with Gasteiger partial charge in [-0.25, -0.2) is 10.8 Å². The van der Waals surface area contributed by atoms with E-state index in [-0.39, 0.29) is 12.5 Å². The number of thioether (sulfide) groups is 1. The van der Waals surface area contributed by atoms with Gasteiger partial charge >= 0.3 is 0 Å². The summed E-state index contributed by atoms with van der Waals surface area (Å²) in [6.07, 6.45) is 0. The summed E-state index contributed by atoms with van der Waals surface area (Å²) in [5.41, 5.74) is 10.1. The molecular formula is C11H15N5O2S. The van der Waals surface area contributed by atoms with Gasteiger partial charge in [-0.1, -0.05) is 11.8 Å². The number of nitrogens with two attached hydrogens (primary N) is 2. The minimum atomic E-state index is -0.465. The summed E-state index contributed by atoms with van der Waals surface area (Å²) in [5, 5.41) is 0.152. The molecule has 0 aliphatic heterocycles. The molecule has 1 atom stereocenters. The maximum Gasteiger partial charge on any atom is 0.249 e. The second kappa shape index (κ2) is 5.91. The Morgan fingerprint density at radius 3 is 3.11 bits per heavy atom. The second-order valence-electron chi connectivity index (χ2n) is 3.89. The minimum absolute atomic E-state index is 0.243. The molecule has 102 valence electrons. The molecule has 7 nitrogen and oxygen atoms in total. The van der Waals surface area contributed by atoms with Crippen LogP contribution in [0.2, 0.25) is 0 Å². The third-order valence-electron chi connectivity index (χ3n) is 2.49. The van der Waals surface area contributed by atoms with Crippen LogP contribution >= 0.6 is 11.8 Å². The Kier molecular flexibility index (Phi) is 4.25. The van der Waals surface area contributed by atoms with E-state index in [0.29, 0.717) is 10.8 Å². The van der Waals surface area contributed by atoms with E-state index in [0.717, 1.165) is 11.0 Å². The zero-order valence-electron chi connectivity index (χ0n) is 10.3. The van der Waals surface area contributed by atoms with Gasteiger partial charge in [0.15, 0.2) is 5.16 Å². The molecular weight excluding hydrogens is 266 g/mol. The number of nitrogens with one attached hydrogen (secondary N) is 2. The number of aromatic amines is 1. The lowest BCUT2D eigenvalue weighted by molar-refractivity contribution is -0.121. The summed E-state index contributed by atoms with van der Waals surface area (Å²) < 4.78 is 4.99. The number of methoxy groups -OCH3 is 1. The number of benzene rings is 1. The van der Waals surface area contributed by atoms with E-state index in [4.69, 9.17) is 16.3 Å². The Morgan fingerprint density at radius 1 is 1.63 bits per heavy atom. The van der Waals surface area contributed by atoms with Crippen LogP contribution in [-0.4, -0.2) is 34.8 Å². The Labute approximate surface area is 114 Å². The van der Waals surface area contributed by atoms with Crippen LogP contribution in [0.4, 0.5) is 5.69 Å². The molecule has 2 rings (SSSR count). The van der Waals surface area contributed by atoms with E-state index in [9.17, 15) is 4.79 Å². The number of anilines is 1. The van der Waals surface area contributed by atoms with E-state index in [1.807, 2.05) is 6.07 Å². The number of nitrogen functional groups attached to an aromatic ring is 1. The van der Waals surface area contributed by atoms with Gasteiger partial charge in [0, 0.05) is 12.8 Å². The number of fused-ring (bicyclic) bond motifs is 1. The molecule has 0 fully saturated rings. The van der Waals surface area contributed by atoms with Crippen LogP contribution in [0.25, 0.3) is 11.0 Å². The second-order valence-corrected chi connectivity index (χ2v) is 5.08. The molecule has 0 radical (unpaired) electrons. The fourth-order valence-electron chi connectivity index (χ4n) is 1.60. The highest BCUT2D eigenvalue weighted by Gasteiger charge is 2.20. The van der Waals surface area contributed by atoms with Crippen LogP contribution in [0.3, 0.4) is 0 Å². The van der Waals surface area contributed by atoms with E-state index in [1.165, 1.54) is 18.9 Å².